The standard InChI is InChI=1S/C23H33N3O4/c1-23(2,3)30-21(27)25-13-7-16(8-14-25)17-5-6-19-20(15-17)29-22(28)26(19)18-9-11-24(4)12-10-18/h5-6,15-16,18H,7-14H2,1-4H3. The molecule has 7 heteroatoms. The van der Waals surface area contributed by atoms with Gasteiger partial charge in [-0.2, -0.15) is 0 Å². The van der Waals surface area contributed by atoms with E-state index in [1.54, 1.807) is 4.90 Å². The first-order valence-electron chi connectivity index (χ1n) is 11.0. The van der Waals surface area contributed by atoms with Crippen molar-refractivity contribution in [3.63, 3.8) is 0 Å². The number of carbonyl (C=O) groups is 1. The SMILES string of the molecule is CN1CCC(n2c(=O)oc3cc(C4CCN(C(=O)OC(C)(C)C)CC4)ccc32)CC1. The average Bonchev–Trinajstić information content (AvgIpc) is 3.02. The summed E-state index contributed by atoms with van der Waals surface area (Å²) in [5.74, 6) is 0.0986. The molecule has 0 N–H and O–H groups in total. The van der Waals surface area contributed by atoms with E-state index >= 15 is 0 Å². The monoisotopic (exact) mass is 415 g/mol. The Kier molecular flexibility index (Phi) is 5.66. The van der Waals surface area contributed by atoms with Crippen molar-refractivity contribution in [2.45, 2.75) is 64.0 Å². The van der Waals surface area contributed by atoms with E-state index < -0.39 is 5.60 Å². The van der Waals surface area contributed by atoms with Crippen molar-refractivity contribution in [2.24, 2.45) is 0 Å². The summed E-state index contributed by atoms with van der Waals surface area (Å²) in [6.07, 6.45) is 3.46. The minimum Gasteiger partial charge on any atom is -0.444 e. The molecule has 1 aromatic carbocycles. The number of hydrogen-bond donors (Lipinski definition) is 0. The van der Waals surface area contributed by atoms with Gasteiger partial charge in [0.1, 0.15) is 5.60 Å². The molecule has 1 aromatic heterocycles. The zero-order chi connectivity index (χ0) is 21.5. The topological polar surface area (TPSA) is 67.9 Å². The van der Waals surface area contributed by atoms with Gasteiger partial charge in [0.05, 0.1) is 5.52 Å². The van der Waals surface area contributed by atoms with Crippen LogP contribution in [0.25, 0.3) is 11.1 Å². The highest BCUT2D eigenvalue weighted by molar-refractivity contribution is 5.74. The first-order chi connectivity index (χ1) is 14.2. The number of benzene rings is 1. The molecule has 2 saturated heterocycles. The van der Waals surface area contributed by atoms with Gasteiger partial charge in [-0.05, 0) is 90.2 Å². The molecule has 164 valence electrons. The van der Waals surface area contributed by atoms with Gasteiger partial charge in [0.15, 0.2) is 5.58 Å². The van der Waals surface area contributed by atoms with Crippen LogP contribution in [0, 0.1) is 0 Å². The molecule has 0 atom stereocenters. The molecule has 0 aliphatic carbocycles. The number of nitrogens with zero attached hydrogens (tertiary/aromatic N) is 3. The summed E-state index contributed by atoms with van der Waals surface area (Å²) in [6.45, 7) is 9.02. The quantitative estimate of drug-likeness (QED) is 0.742. The number of likely N-dealkylation sites (tertiary alicyclic amines) is 2. The number of ether oxygens (including phenoxy) is 1. The van der Waals surface area contributed by atoms with Gasteiger partial charge in [-0.1, -0.05) is 6.07 Å². The summed E-state index contributed by atoms with van der Waals surface area (Å²) in [6, 6.07) is 6.39. The highest BCUT2D eigenvalue weighted by Gasteiger charge is 2.28. The molecule has 3 heterocycles. The fourth-order valence-electron chi connectivity index (χ4n) is 4.63. The summed E-state index contributed by atoms with van der Waals surface area (Å²) in [4.78, 5) is 28.9. The second-order valence-electron chi connectivity index (χ2n) is 9.74. The van der Waals surface area contributed by atoms with Crippen molar-refractivity contribution in [3.05, 3.63) is 34.3 Å². The molecule has 30 heavy (non-hydrogen) atoms. The number of rotatable bonds is 2. The lowest BCUT2D eigenvalue weighted by molar-refractivity contribution is 0.0205. The lowest BCUT2D eigenvalue weighted by atomic mass is 9.89. The number of hydrogen-bond acceptors (Lipinski definition) is 5. The molecule has 2 aromatic rings. The summed E-state index contributed by atoms with van der Waals surface area (Å²) in [7, 11) is 2.12. The Bertz CT molecular complexity index is 955. The van der Waals surface area contributed by atoms with Crippen LogP contribution in [-0.2, 0) is 4.74 Å². The van der Waals surface area contributed by atoms with Gasteiger partial charge in [0, 0.05) is 19.1 Å². The molecule has 0 saturated carbocycles. The predicted molar refractivity (Wildman–Crippen MR) is 116 cm³/mol. The molecular formula is C23H33N3O4. The number of fused-ring (bicyclic) bond motifs is 1. The smallest absolute Gasteiger partial charge is 0.420 e. The Morgan fingerprint density at radius 1 is 1.07 bits per heavy atom. The first kappa shape index (κ1) is 21.0. The molecule has 0 radical (unpaired) electrons. The van der Waals surface area contributed by atoms with E-state index in [-0.39, 0.29) is 17.9 Å². The lowest BCUT2D eigenvalue weighted by Crippen LogP contribution is -2.41. The largest absolute Gasteiger partial charge is 0.444 e. The number of piperidine rings is 2. The first-order valence-corrected chi connectivity index (χ1v) is 11.0. The van der Waals surface area contributed by atoms with Crippen LogP contribution >= 0.6 is 0 Å². The van der Waals surface area contributed by atoms with Gasteiger partial charge in [-0.15, -0.1) is 0 Å². The van der Waals surface area contributed by atoms with E-state index in [1.807, 2.05) is 37.5 Å². The molecule has 0 bridgehead atoms. The van der Waals surface area contributed by atoms with Crippen molar-refractivity contribution in [3.8, 4) is 0 Å². The number of amides is 1. The lowest BCUT2D eigenvalue weighted by Gasteiger charge is -2.33. The van der Waals surface area contributed by atoms with Gasteiger partial charge in [0.2, 0.25) is 0 Å². The zero-order valence-electron chi connectivity index (χ0n) is 18.5. The van der Waals surface area contributed by atoms with E-state index in [0.29, 0.717) is 24.6 Å². The van der Waals surface area contributed by atoms with Gasteiger partial charge in [-0.3, -0.25) is 4.57 Å². The average molecular weight is 416 g/mol. The predicted octanol–water partition coefficient (Wildman–Crippen LogP) is 3.98. The summed E-state index contributed by atoms with van der Waals surface area (Å²) in [5, 5.41) is 0. The van der Waals surface area contributed by atoms with Crippen LogP contribution in [0.1, 0.15) is 64.0 Å². The van der Waals surface area contributed by atoms with Crippen molar-refractivity contribution >= 4 is 17.2 Å². The molecule has 0 spiro atoms. The van der Waals surface area contributed by atoms with Gasteiger partial charge >= 0.3 is 11.8 Å². The molecule has 2 aliphatic heterocycles. The van der Waals surface area contributed by atoms with Crippen LogP contribution in [0.3, 0.4) is 0 Å². The third kappa shape index (κ3) is 4.41. The van der Waals surface area contributed by atoms with Crippen LogP contribution in [0.4, 0.5) is 4.79 Å². The Hall–Kier alpha value is -2.28. The van der Waals surface area contributed by atoms with Crippen LogP contribution in [0.5, 0.6) is 0 Å². The Morgan fingerprint density at radius 3 is 2.37 bits per heavy atom. The minimum absolute atomic E-state index is 0.206. The van der Waals surface area contributed by atoms with E-state index in [1.165, 1.54) is 5.56 Å². The third-order valence-electron chi connectivity index (χ3n) is 6.31. The van der Waals surface area contributed by atoms with Crippen molar-refractivity contribution < 1.29 is 13.9 Å². The van der Waals surface area contributed by atoms with Crippen LogP contribution in [0.15, 0.2) is 27.4 Å². The van der Waals surface area contributed by atoms with E-state index in [2.05, 4.69) is 18.0 Å². The normalized spacial score (nSPS) is 20.1. The molecular weight excluding hydrogens is 382 g/mol. The maximum Gasteiger partial charge on any atom is 0.420 e. The summed E-state index contributed by atoms with van der Waals surface area (Å²) >= 11 is 0. The van der Waals surface area contributed by atoms with Gasteiger partial charge in [-0.25, -0.2) is 9.59 Å². The van der Waals surface area contributed by atoms with E-state index in [4.69, 9.17) is 9.15 Å². The fourth-order valence-corrected chi connectivity index (χ4v) is 4.63. The molecule has 1 amide bonds. The van der Waals surface area contributed by atoms with Gasteiger partial charge in [0.25, 0.3) is 0 Å². The number of aromatic nitrogens is 1. The number of oxazole rings is 1. The maximum atomic E-state index is 12.6. The van der Waals surface area contributed by atoms with Crippen LogP contribution in [0.2, 0.25) is 0 Å². The van der Waals surface area contributed by atoms with Gasteiger partial charge < -0.3 is 19.0 Å². The zero-order valence-corrected chi connectivity index (χ0v) is 18.5. The second kappa shape index (κ2) is 8.10. The van der Waals surface area contributed by atoms with Crippen LogP contribution in [-0.4, -0.2) is 59.3 Å². The Morgan fingerprint density at radius 2 is 1.73 bits per heavy atom. The van der Waals surface area contributed by atoms with Crippen molar-refractivity contribution in [1.29, 1.82) is 0 Å². The van der Waals surface area contributed by atoms with E-state index in [0.717, 1.165) is 44.3 Å². The maximum absolute atomic E-state index is 12.6. The Labute approximate surface area is 177 Å². The highest BCUT2D eigenvalue weighted by Crippen LogP contribution is 2.32. The third-order valence-corrected chi connectivity index (χ3v) is 6.31. The Balaban J connectivity index is 1.46. The summed E-state index contributed by atoms with van der Waals surface area (Å²) < 4.78 is 13.0. The molecule has 4 rings (SSSR count). The molecule has 2 aliphatic rings. The minimum atomic E-state index is -0.475. The van der Waals surface area contributed by atoms with Crippen molar-refractivity contribution in [1.82, 2.24) is 14.4 Å². The fraction of sp³-hybridized carbons (Fsp3) is 0.652. The molecule has 7 nitrogen and oxygen atoms in total. The van der Waals surface area contributed by atoms with Crippen LogP contribution < -0.4 is 5.76 Å². The van der Waals surface area contributed by atoms with Crippen molar-refractivity contribution in [2.75, 3.05) is 33.2 Å². The molecule has 2 fully saturated rings. The molecule has 0 unspecified atom stereocenters. The second-order valence-corrected chi connectivity index (χ2v) is 9.74. The summed E-state index contributed by atoms with van der Waals surface area (Å²) in [5.41, 5.74) is 2.27. The van der Waals surface area contributed by atoms with E-state index in [9.17, 15) is 9.59 Å². The number of carbonyl (C=O) groups excluding carboxylic acids is 1. The highest BCUT2D eigenvalue weighted by atomic mass is 16.6.